The molecule has 5 heteroatoms. The molecule has 0 N–H and O–H groups in total. The molecule has 4 rings (SSSR count). The molecular formula is C22H24N3S2+. The molecule has 0 aliphatic carbocycles. The van der Waals surface area contributed by atoms with E-state index in [4.69, 9.17) is 4.98 Å². The second kappa shape index (κ2) is 6.73. The van der Waals surface area contributed by atoms with Crippen molar-refractivity contribution in [2.24, 2.45) is 7.05 Å². The van der Waals surface area contributed by atoms with Gasteiger partial charge in [-0.15, -0.1) is 22.7 Å². The average Bonchev–Trinajstić information content (AvgIpc) is 3.22. The second-order valence-corrected chi connectivity index (χ2v) is 10.1. The van der Waals surface area contributed by atoms with Gasteiger partial charge in [-0.3, -0.25) is 0 Å². The summed E-state index contributed by atoms with van der Waals surface area (Å²) in [5, 5.41) is 0. The monoisotopic (exact) mass is 394 g/mol. The third-order valence-corrected chi connectivity index (χ3v) is 6.77. The normalized spacial score (nSPS) is 11.3. The summed E-state index contributed by atoms with van der Waals surface area (Å²) in [4.78, 5) is 10.1. The van der Waals surface area contributed by atoms with Crippen LogP contribution >= 0.6 is 22.7 Å². The van der Waals surface area contributed by atoms with Crippen LogP contribution in [0.4, 0.5) is 0 Å². The zero-order valence-corrected chi connectivity index (χ0v) is 18.3. The summed E-state index contributed by atoms with van der Waals surface area (Å²) in [5.74, 6) is 0.949. The third-order valence-electron chi connectivity index (χ3n) is 4.84. The first kappa shape index (κ1) is 18.1. The number of hydrogen-bond acceptors (Lipinski definition) is 3. The summed E-state index contributed by atoms with van der Waals surface area (Å²) in [5.41, 5.74) is 6.24. The van der Waals surface area contributed by atoms with E-state index < -0.39 is 0 Å². The van der Waals surface area contributed by atoms with Crippen LogP contribution in [0, 0.1) is 34.6 Å². The highest BCUT2D eigenvalue weighted by molar-refractivity contribution is 7.12. The van der Waals surface area contributed by atoms with Crippen LogP contribution in [-0.4, -0.2) is 9.55 Å². The maximum absolute atomic E-state index is 4.70. The summed E-state index contributed by atoms with van der Waals surface area (Å²) in [7, 11) is 2.13. The Labute approximate surface area is 168 Å². The first-order valence-electron chi connectivity index (χ1n) is 9.04. The van der Waals surface area contributed by atoms with Crippen molar-refractivity contribution in [2.45, 2.75) is 34.6 Å². The van der Waals surface area contributed by atoms with Crippen molar-refractivity contribution in [3.05, 3.63) is 61.9 Å². The molecule has 138 valence electrons. The highest BCUT2D eigenvalue weighted by Gasteiger charge is 2.29. The number of imidazole rings is 1. The van der Waals surface area contributed by atoms with E-state index in [0.29, 0.717) is 0 Å². The van der Waals surface area contributed by atoms with E-state index in [-0.39, 0.29) is 0 Å². The molecule has 27 heavy (non-hydrogen) atoms. The Morgan fingerprint density at radius 1 is 0.889 bits per heavy atom. The molecule has 3 nitrogen and oxygen atoms in total. The standard InChI is InChI=1S/C22H24N3S2/c1-13-7-8-20(23-11-13)25-12-24(6)21(18-9-14(2)26-16(18)4)22(25)19-10-15(3)27-17(19)5/h7-12H,1-6H3/q+1. The Hall–Kier alpha value is -2.24. The van der Waals surface area contributed by atoms with Crippen molar-refractivity contribution in [1.29, 1.82) is 0 Å². The SMILES string of the molecule is Cc1ccc(-n2c[n+](C)c(-c3cc(C)sc3C)c2-c2cc(C)sc2C)nc1. The Kier molecular flexibility index (Phi) is 4.52. The minimum Gasteiger partial charge on any atom is -0.232 e. The van der Waals surface area contributed by atoms with Crippen molar-refractivity contribution in [3.63, 3.8) is 0 Å². The van der Waals surface area contributed by atoms with Crippen LogP contribution in [0.15, 0.2) is 36.8 Å². The molecule has 0 aliphatic rings. The second-order valence-electron chi connectivity index (χ2n) is 7.14. The topological polar surface area (TPSA) is 21.7 Å². The van der Waals surface area contributed by atoms with E-state index in [1.54, 1.807) is 0 Å². The fourth-order valence-electron chi connectivity index (χ4n) is 3.65. The largest absolute Gasteiger partial charge is 0.251 e. The first-order valence-corrected chi connectivity index (χ1v) is 10.7. The predicted molar refractivity (Wildman–Crippen MR) is 115 cm³/mol. The molecule has 0 spiro atoms. The van der Waals surface area contributed by atoms with Gasteiger partial charge in [0.2, 0.25) is 5.82 Å². The minimum absolute atomic E-state index is 0.949. The Balaban J connectivity index is 2.06. The number of rotatable bonds is 3. The van der Waals surface area contributed by atoms with E-state index in [1.165, 1.54) is 47.6 Å². The number of aromatic nitrogens is 3. The van der Waals surface area contributed by atoms with Gasteiger partial charge in [-0.2, -0.15) is 4.57 Å². The first-order chi connectivity index (χ1) is 12.8. The number of nitrogens with zero attached hydrogens (tertiary/aromatic N) is 3. The minimum atomic E-state index is 0.949. The lowest BCUT2D eigenvalue weighted by atomic mass is 10.0. The van der Waals surface area contributed by atoms with Gasteiger partial charge >= 0.3 is 0 Å². The molecule has 0 saturated carbocycles. The molecule has 0 fully saturated rings. The van der Waals surface area contributed by atoms with Gasteiger partial charge in [0.15, 0.2) is 11.4 Å². The number of hydrogen-bond donors (Lipinski definition) is 0. The van der Waals surface area contributed by atoms with Gasteiger partial charge in [-0.1, -0.05) is 6.07 Å². The van der Waals surface area contributed by atoms with Crippen molar-refractivity contribution in [3.8, 4) is 28.3 Å². The summed E-state index contributed by atoms with van der Waals surface area (Å²) >= 11 is 3.71. The van der Waals surface area contributed by atoms with Gasteiger partial charge in [0, 0.05) is 42.9 Å². The van der Waals surface area contributed by atoms with Crippen LogP contribution in [0.5, 0.6) is 0 Å². The summed E-state index contributed by atoms with van der Waals surface area (Å²) < 4.78 is 4.47. The van der Waals surface area contributed by atoms with Gasteiger partial charge in [0.05, 0.1) is 7.05 Å². The van der Waals surface area contributed by atoms with Crippen LogP contribution in [0.25, 0.3) is 28.3 Å². The van der Waals surface area contributed by atoms with Gasteiger partial charge < -0.3 is 0 Å². The van der Waals surface area contributed by atoms with Crippen LogP contribution < -0.4 is 4.57 Å². The van der Waals surface area contributed by atoms with Gasteiger partial charge in [-0.25, -0.2) is 9.55 Å². The van der Waals surface area contributed by atoms with Crippen molar-refractivity contribution in [2.75, 3.05) is 0 Å². The number of aryl methyl sites for hydroxylation is 6. The molecule has 0 bridgehead atoms. The quantitative estimate of drug-likeness (QED) is 0.409. The van der Waals surface area contributed by atoms with Gasteiger partial charge in [0.25, 0.3) is 6.33 Å². The fraction of sp³-hybridized carbons (Fsp3) is 0.273. The van der Waals surface area contributed by atoms with Gasteiger partial charge in [0.1, 0.15) is 0 Å². The molecule has 4 aromatic heterocycles. The third kappa shape index (κ3) is 3.15. The summed E-state index contributed by atoms with van der Waals surface area (Å²) in [6.07, 6.45) is 4.09. The molecule has 0 atom stereocenters. The maximum atomic E-state index is 4.70. The molecule has 4 heterocycles. The van der Waals surface area contributed by atoms with Crippen molar-refractivity contribution >= 4 is 22.7 Å². The molecule has 4 aromatic rings. The van der Waals surface area contributed by atoms with Crippen LogP contribution in [0.1, 0.15) is 25.1 Å². The highest BCUT2D eigenvalue weighted by atomic mass is 32.1. The summed E-state index contributed by atoms with van der Waals surface area (Å²) in [6.45, 7) is 10.9. The average molecular weight is 395 g/mol. The lowest BCUT2D eigenvalue weighted by molar-refractivity contribution is -0.659. The Morgan fingerprint density at radius 2 is 1.52 bits per heavy atom. The lowest BCUT2D eigenvalue weighted by Gasteiger charge is -2.04. The van der Waals surface area contributed by atoms with E-state index in [0.717, 1.165) is 5.82 Å². The molecular weight excluding hydrogens is 370 g/mol. The van der Waals surface area contributed by atoms with Crippen LogP contribution in [-0.2, 0) is 7.05 Å². The van der Waals surface area contributed by atoms with Crippen molar-refractivity contribution < 1.29 is 4.57 Å². The Morgan fingerprint density at radius 3 is 2.04 bits per heavy atom. The molecule has 0 radical (unpaired) electrons. The van der Waals surface area contributed by atoms with E-state index in [9.17, 15) is 0 Å². The molecule has 0 aliphatic heterocycles. The van der Waals surface area contributed by atoms with E-state index in [2.05, 4.69) is 81.4 Å². The molecule has 0 unspecified atom stereocenters. The zero-order chi connectivity index (χ0) is 19.3. The van der Waals surface area contributed by atoms with E-state index >= 15 is 0 Å². The smallest absolute Gasteiger partial charge is 0.232 e. The molecule has 0 saturated heterocycles. The number of pyridine rings is 1. The fourth-order valence-corrected chi connectivity index (χ4v) is 5.50. The van der Waals surface area contributed by atoms with Crippen LogP contribution in [0.2, 0.25) is 0 Å². The van der Waals surface area contributed by atoms with Gasteiger partial charge in [-0.05, 0) is 52.3 Å². The number of thiophene rings is 2. The molecule has 0 aromatic carbocycles. The van der Waals surface area contributed by atoms with E-state index in [1.807, 2.05) is 28.9 Å². The van der Waals surface area contributed by atoms with Crippen LogP contribution in [0.3, 0.4) is 0 Å². The maximum Gasteiger partial charge on any atom is 0.251 e. The predicted octanol–water partition coefficient (Wildman–Crippen LogP) is 5.70. The zero-order valence-electron chi connectivity index (χ0n) is 16.6. The molecule has 0 amide bonds. The Bertz CT molecular complexity index is 1130. The summed E-state index contributed by atoms with van der Waals surface area (Å²) in [6, 6.07) is 8.83. The van der Waals surface area contributed by atoms with Crippen molar-refractivity contribution in [1.82, 2.24) is 9.55 Å². The highest BCUT2D eigenvalue weighted by Crippen LogP contribution is 2.39. The lowest BCUT2D eigenvalue weighted by Crippen LogP contribution is -2.28.